The lowest BCUT2D eigenvalue weighted by atomic mass is 10.0. The van der Waals surface area contributed by atoms with Gasteiger partial charge in [0.2, 0.25) is 0 Å². The second-order valence-electron chi connectivity index (χ2n) is 5.48. The summed E-state index contributed by atoms with van der Waals surface area (Å²) in [6, 6.07) is 7.90. The summed E-state index contributed by atoms with van der Waals surface area (Å²) >= 11 is 5.31. The molecule has 1 aliphatic rings. The first kappa shape index (κ1) is 15.2. The zero-order valence-corrected chi connectivity index (χ0v) is 14.5. The van der Waals surface area contributed by atoms with Crippen LogP contribution in [0.3, 0.4) is 0 Å². The lowest BCUT2D eigenvalue weighted by Crippen LogP contribution is -2.22. The molecule has 1 atom stereocenters. The van der Waals surface area contributed by atoms with Crippen molar-refractivity contribution in [3.63, 3.8) is 0 Å². The highest BCUT2D eigenvalue weighted by atomic mass is 79.9. The van der Waals surface area contributed by atoms with Gasteiger partial charge in [0.05, 0.1) is 4.47 Å². The molecule has 21 heavy (non-hydrogen) atoms. The van der Waals surface area contributed by atoms with E-state index in [2.05, 4.69) is 34.2 Å². The van der Waals surface area contributed by atoms with Crippen molar-refractivity contribution in [1.82, 2.24) is 5.32 Å². The van der Waals surface area contributed by atoms with Crippen LogP contribution in [0.4, 0.5) is 4.39 Å². The van der Waals surface area contributed by atoms with Gasteiger partial charge in [-0.2, -0.15) is 0 Å². The Morgan fingerprint density at radius 3 is 3.00 bits per heavy atom. The fraction of sp³-hybridized carbons (Fsp3) is 0.412. The number of hydrogen-bond acceptors (Lipinski definition) is 2. The SMILES string of the molecule is CCNC(Cc1cccc(F)c1Br)c1cc2c(s1)CCC2. The summed E-state index contributed by atoms with van der Waals surface area (Å²) < 4.78 is 14.3. The quantitative estimate of drug-likeness (QED) is 0.780. The molecular formula is C17H19BrFNS. The van der Waals surface area contributed by atoms with Crippen molar-refractivity contribution in [2.45, 2.75) is 38.6 Å². The highest BCUT2D eigenvalue weighted by Crippen LogP contribution is 2.35. The van der Waals surface area contributed by atoms with Crippen molar-refractivity contribution in [2.24, 2.45) is 0 Å². The smallest absolute Gasteiger partial charge is 0.137 e. The molecule has 1 nitrogen and oxygen atoms in total. The molecule has 1 heterocycles. The molecule has 3 rings (SSSR count). The van der Waals surface area contributed by atoms with Crippen molar-refractivity contribution in [3.05, 3.63) is 55.4 Å². The van der Waals surface area contributed by atoms with Gasteiger partial charge in [0.1, 0.15) is 5.82 Å². The van der Waals surface area contributed by atoms with Crippen LogP contribution in [0.15, 0.2) is 28.7 Å². The molecule has 1 aromatic heterocycles. The number of rotatable bonds is 5. The van der Waals surface area contributed by atoms with Crippen molar-refractivity contribution >= 4 is 27.3 Å². The number of halogens is 2. The standard InChI is InChI=1S/C17H19BrFNS/c1-2-20-14(9-12-6-3-7-13(19)17(12)18)16-10-11-5-4-8-15(11)21-16/h3,6-7,10,14,20H,2,4-5,8-9H2,1H3. The third-order valence-electron chi connectivity index (χ3n) is 4.02. The van der Waals surface area contributed by atoms with Gasteiger partial charge in [-0.25, -0.2) is 4.39 Å². The minimum Gasteiger partial charge on any atom is -0.309 e. The molecule has 112 valence electrons. The second-order valence-corrected chi connectivity index (χ2v) is 7.44. The van der Waals surface area contributed by atoms with Gasteiger partial charge in [-0.3, -0.25) is 0 Å². The molecule has 0 saturated carbocycles. The van der Waals surface area contributed by atoms with Gasteiger partial charge in [0.15, 0.2) is 0 Å². The Hall–Kier alpha value is -0.710. The summed E-state index contributed by atoms with van der Waals surface area (Å²) in [6.07, 6.45) is 4.55. The van der Waals surface area contributed by atoms with Crippen LogP contribution in [0, 0.1) is 5.82 Å². The Bertz CT molecular complexity index is 616. The van der Waals surface area contributed by atoms with Crippen LogP contribution in [0.25, 0.3) is 0 Å². The Labute approximate surface area is 137 Å². The fourth-order valence-corrected chi connectivity index (χ4v) is 4.73. The monoisotopic (exact) mass is 367 g/mol. The second kappa shape index (κ2) is 6.59. The van der Waals surface area contributed by atoms with E-state index in [1.807, 2.05) is 17.4 Å². The molecule has 1 N–H and O–H groups in total. The van der Waals surface area contributed by atoms with Crippen LogP contribution in [0.1, 0.15) is 40.3 Å². The van der Waals surface area contributed by atoms with Crippen molar-refractivity contribution in [1.29, 1.82) is 0 Å². The zero-order chi connectivity index (χ0) is 14.8. The zero-order valence-electron chi connectivity index (χ0n) is 12.1. The topological polar surface area (TPSA) is 12.0 Å². The molecule has 1 aliphatic carbocycles. The predicted molar refractivity (Wildman–Crippen MR) is 90.6 cm³/mol. The Kier molecular flexibility index (Phi) is 4.77. The average Bonchev–Trinajstić information content (AvgIpc) is 3.04. The van der Waals surface area contributed by atoms with Gasteiger partial charge >= 0.3 is 0 Å². The number of likely N-dealkylation sites (N-methyl/N-ethyl adjacent to an activating group) is 1. The third-order valence-corrected chi connectivity index (χ3v) is 6.25. The van der Waals surface area contributed by atoms with Crippen LogP contribution in [-0.2, 0) is 19.3 Å². The maximum atomic E-state index is 13.7. The first-order valence-electron chi connectivity index (χ1n) is 7.46. The third kappa shape index (κ3) is 3.22. The van der Waals surface area contributed by atoms with Crippen LogP contribution in [0.2, 0.25) is 0 Å². The van der Waals surface area contributed by atoms with Crippen molar-refractivity contribution < 1.29 is 4.39 Å². The van der Waals surface area contributed by atoms with Gasteiger partial charge in [-0.05, 0) is 71.4 Å². The van der Waals surface area contributed by atoms with E-state index in [4.69, 9.17) is 0 Å². The molecule has 0 radical (unpaired) electrons. The predicted octanol–water partition coefficient (Wildman–Crippen LogP) is 5.03. The number of nitrogens with one attached hydrogen (secondary N) is 1. The van der Waals surface area contributed by atoms with Gasteiger partial charge in [-0.15, -0.1) is 11.3 Å². The molecule has 4 heteroatoms. The van der Waals surface area contributed by atoms with Crippen molar-refractivity contribution in [2.75, 3.05) is 6.54 Å². The summed E-state index contributed by atoms with van der Waals surface area (Å²) in [5, 5.41) is 3.55. The molecule has 2 aromatic rings. The lowest BCUT2D eigenvalue weighted by molar-refractivity contribution is 0.552. The van der Waals surface area contributed by atoms with E-state index in [-0.39, 0.29) is 11.9 Å². The summed E-state index contributed by atoms with van der Waals surface area (Å²) in [5.74, 6) is -0.184. The molecule has 0 amide bonds. The minimum atomic E-state index is -0.184. The van der Waals surface area contributed by atoms with Crippen LogP contribution in [-0.4, -0.2) is 6.54 Å². The molecule has 0 spiro atoms. The summed E-state index contributed by atoms with van der Waals surface area (Å²) in [5.41, 5.74) is 2.55. The highest BCUT2D eigenvalue weighted by Gasteiger charge is 2.21. The van der Waals surface area contributed by atoms with Crippen LogP contribution >= 0.6 is 27.3 Å². The van der Waals surface area contributed by atoms with E-state index in [9.17, 15) is 4.39 Å². The first-order chi connectivity index (χ1) is 10.2. The normalized spacial score (nSPS) is 15.2. The van der Waals surface area contributed by atoms with Gasteiger partial charge in [0, 0.05) is 15.8 Å². The van der Waals surface area contributed by atoms with Crippen molar-refractivity contribution in [3.8, 4) is 0 Å². The number of aryl methyl sites for hydroxylation is 2. The molecular weight excluding hydrogens is 349 g/mol. The largest absolute Gasteiger partial charge is 0.309 e. The highest BCUT2D eigenvalue weighted by molar-refractivity contribution is 9.10. The first-order valence-corrected chi connectivity index (χ1v) is 9.07. The van der Waals surface area contributed by atoms with E-state index >= 15 is 0 Å². The summed E-state index contributed by atoms with van der Waals surface area (Å²) in [7, 11) is 0. The van der Waals surface area contributed by atoms with Gasteiger partial charge < -0.3 is 5.32 Å². The molecule has 0 aliphatic heterocycles. The summed E-state index contributed by atoms with van der Waals surface area (Å²) in [6.45, 7) is 3.04. The Morgan fingerprint density at radius 1 is 1.38 bits per heavy atom. The minimum absolute atomic E-state index is 0.184. The van der Waals surface area contributed by atoms with Gasteiger partial charge in [0.25, 0.3) is 0 Å². The average molecular weight is 368 g/mol. The molecule has 1 unspecified atom stereocenters. The van der Waals surface area contributed by atoms with E-state index in [0.717, 1.165) is 18.5 Å². The maximum Gasteiger partial charge on any atom is 0.137 e. The number of hydrogen-bond donors (Lipinski definition) is 1. The van der Waals surface area contributed by atoms with Crippen LogP contribution < -0.4 is 5.32 Å². The molecule has 1 aromatic carbocycles. The number of fused-ring (bicyclic) bond motifs is 1. The lowest BCUT2D eigenvalue weighted by Gasteiger charge is -2.17. The molecule has 0 bridgehead atoms. The number of thiophene rings is 1. The van der Waals surface area contributed by atoms with E-state index in [0.29, 0.717) is 4.47 Å². The molecule has 0 fully saturated rings. The Balaban J connectivity index is 1.85. The van der Waals surface area contributed by atoms with Crippen LogP contribution in [0.5, 0.6) is 0 Å². The Morgan fingerprint density at radius 2 is 2.24 bits per heavy atom. The fourth-order valence-electron chi connectivity index (χ4n) is 2.97. The number of benzene rings is 1. The van der Waals surface area contributed by atoms with E-state index < -0.39 is 0 Å². The summed E-state index contributed by atoms with van der Waals surface area (Å²) in [4.78, 5) is 2.93. The molecule has 0 saturated heterocycles. The van der Waals surface area contributed by atoms with Gasteiger partial charge in [-0.1, -0.05) is 19.1 Å². The van der Waals surface area contributed by atoms with E-state index in [1.165, 1.54) is 35.8 Å². The van der Waals surface area contributed by atoms with E-state index in [1.54, 1.807) is 10.9 Å². The maximum absolute atomic E-state index is 13.7.